The summed E-state index contributed by atoms with van der Waals surface area (Å²) in [5.74, 6) is 2.76. The number of aryl methyl sites for hydroxylation is 2. The number of benzene rings is 1. The molecule has 0 spiro atoms. The number of hydrogen-bond donors (Lipinski definition) is 2. The molecule has 0 radical (unpaired) electrons. The summed E-state index contributed by atoms with van der Waals surface area (Å²) in [6.07, 6.45) is 2.58. The second-order valence-electron chi connectivity index (χ2n) is 7.52. The Morgan fingerprint density at radius 1 is 0.967 bits per heavy atom. The average molecular weight is 405 g/mol. The van der Waals surface area contributed by atoms with Crippen LogP contribution in [0.5, 0.6) is 0 Å². The summed E-state index contributed by atoms with van der Waals surface area (Å²) >= 11 is 0. The molecule has 1 fully saturated rings. The van der Waals surface area contributed by atoms with Crippen LogP contribution in [0, 0.1) is 6.92 Å². The molecular weight excluding hydrogens is 376 g/mol. The number of rotatable bonds is 6. The number of nitrogens with zero attached hydrogens (tertiary/aromatic N) is 6. The molecule has 30 heavy (non-hydrogen) atoms. The van der Waals surface area contributed by atoms with E-state index in [1.54, 1.807) is 0 Å². The molecule has 8 nitrogen and oxygen atoms in total. The zero-order chi connectivity index (χ0) is 20.9. The molecule has 1 aliphatic heterocycles. The molecule has 2 aromatic heterocycles. The third-order valence-electron chi connectivity index (χ3n) is 5.18. The molecule has 1 aliphatic rings. The first-order valence-corrected chi connectivity index (χ1v) is 10.3. The highest BCUT2D eigenvalue weighted by molar-refractivity contribution is 5.64. The Morgan fingerprint density at radius 3 is 2.43 bits per heavy atom. The number of pyridine rings is 1. The molecule has 0 amide bonds. The standard InChI is InChI=1S/C22H28N8/c1-4-19-25-21(28-22(27-19)30-12-10-29(3)11-13-30)26-20-14-16(2)18(15-23-20)24-17-8-6-5-7-9-17/h5-9,14-15,24H,4,10-13H2,1-3H3,(H,23,25,26,27,28). The maximum atomic E-state index is 4.66. The van der Waals surface area contributed by atoms with Crippen molar-refractivity contribution >= 4 is 29.1 Å². The predicted octanol–water partition coefficient (Wildman–Crippen LogP) is 3.38. The molecule has 156 valence electrons. The molecule has 0 saturated carbocycles. The first-order valence-electron chi connectivity index (χ1n) is 10.3. The molecule has 4 rings (SSSR count). The van der Waals surface area contributed by atoms with Crippen molar-refractivity contribution in [2.75, 3.05) is 48.8 Å². The lowest BCUT2D eigenvalue weighted by molar-refractivity contribution is 0.311. The van der Waals surface area contributed by atoms with E-state index in [2.05, 4.69) is 61.3 Å². The van der Waals surface area contributed by atoms with Gasteiger partial charge in [-0.25, -0.2) is 4.98 Å². The van der Waals surface area contributed by atoms with Gasteiger partial charge in [0.15, 0.2) is 0 Å². The number of aromatic nitrogens is 4. The summed E-state index contributed by atoms with van der Waals surface area (Å²) in [5, 5.41) is 6.66. The second kappa shape index (κ2) is 9.04. The van der Waals surface area contributed by atoms with Crippen LogP contribution in [-0.2, 0) is 6.42 Å². The smallest absolute Gasteiger partial charge is 0.233 e. The fraction of sp³-hybridized carbons (Fsp3) is 0.364. The van der Waals surface area contributed by atoms with Crippen molar-refractivity contribution in [1.82, 2.24) is 24.8 Å². The SMILES string of the molecule is CCc1nc(Nc2cc(C)c(Nc3ccccc3)cn2)nc(N2CCN(C)CC2)n1. The monoisotopic (exact) mass is 404 g/mol. The first-order chi connectivity index (χ1) is 14.6. The third-order valence-corrected chi connectivity index (χ3v) is 5.18. The largest absolute Gasteiger partial charge is 0.354 e. The molecular formula is C22H28N8. The van der Waals surface area contributed by atoms with Crippen LogP contribution in [0.25, 0.3) is 0 Å². The van der Waals surface area contributed by atoms with Crippen LogP contribution in [0.15, 0.2) is 42.6 Å². The number of nitrogens with one attached hydrogen (secondary N) is 2. The highest BCUT2D eigenvalue weighted by Crippen LogP contribution is 2.23. The van der Waals surface area contributed by atoms with E-state index >= 15 is 0 Å². The van der Waals surface area contributed by atoms with E-state index < -0.39 is 0 Å². The van der Waals surface area contributed by atoms with Gasteiger partial charge >= 0.3 is 0 Å². The van der Waals surface area contributed by atoms with Gasteiger partial charge in [0.2, 0.25) is 11.9 Å². The van der Waals surface area contributed by atoms with Gasteiger partial charge in [-0.1, -0.05) is 25.1 Å². The van der Waals surface area contributed by atoms with E-state index in [-0.39, 0.29) is 0 Å². The summed E-state index contributed by atoms with van der Waals surface area (Å²) in [5.41, 5.74) is 3.08. The van der Waals surface area contributed by atoms with Crippen LogP contribution in [0.4, 0.5) is 29.1 Å². The lowest BCUT2D eigenvalue weighted by Crippen LogP contribution is -2.45. The van der Waals surface area contributed by atoms with Crippen molar-refractivity contribution < 1.29 is 0 Å². The van der Waals surface area contributed by atoms with Crippen LogP contribution < -0.4 is 15.5 Å². The molecule has 1 saturated heterocycles. The number of para-hydroxylation sites is 1. The Labute approximate surface area is 177 Å². The van der Waals surface area contributed by atoms with Crippen molar-refractivity contribution in [3.05, 3.63) is 54.0 Å². The van der Waals surface area contributed by atoms with E-state index in [4.69, 9.17) is 0 Å². The first kappa shape index (κ1) is 20.0. The lowest BCUT2D eigenvalue weighted by Gasteiger charge is -2.32. The van der Waals surface area contributed by atoms with E-state index in [1.807, 2.05) is 42.6 Å². The van der Waals surface area contributed by atoms with Crippen molar-refractivity contribution in [3.63, 3.8) is 0 Å². The Morgan fingerprint density at radius 2 is 1.73 bits per heavy atom. The van der Waals surface area contributed by atoms with E-state index in [0.717, 1.165) is 61.3 Å². The van der Waals surface area contributed by atoms with Crippen molar-refractivity contribution in [3.8, 4) is 0 Å². The zero-order valence-electron chi connectivity index (χ0n) is 17.8. The molecule has 0 atom stereocenters. The number of hydrogen-bond acceptors (Lipinski definition) is 8. The molecule has 0 bridgehead atoms. The minimum Gasteiger partial charge on any atom is -0.354 e. The maximum absolute atomic E-state index is 4.66. The molecule has 0 aliphatic carbocycles. The topological polar surface area (TPSA) is 82.1 Å². The Bertz CT molecular complexity index is 984. The Kier molecular flexibility index (Phi) is 6.04. The van der Waals surface area contributed by atoms with Crippen LogP contribution in [0.2, 0.25) is 0 Å². The lowest BCUT2D eigenvalue weighted by atomic mass is 10.2. The average Bonchev–Trinajstić information content (AvgIpc) is 2.76. The van der Waals surface area contributed by atoms with Gasteiger partial charge in [-0.2, -0.15) is 15.0 Å². The van der Waals surface area contributed by atoms with Gasteiger partial charge in [0, 0.05) is 38.3 Å². The van der Waals surface area contributed by atoms with Crippen molar-refractivity contribution in [1.29, 1.82) is 0 Å². The van der Waals surface area contributed by atoms with Gasteiger partial charge < -0.3 is 20.4 Å². The minimum absolute atomic E-state index is 0.534. The van der Waals surface area contributed by atoms with Gasteiger partial charge in [0.25, 0.3) is 0 Å². The van der Waals surface area contributed by atoms with E-state index in [0.29, 0.717) is 11.8 Å². The second-order valence-corrected chi connectivity index (χ2v) is 7.52. The molecule has 2 N–H and O–H groups in total. The summed E-state index contributed by atoms with van der Waals surface area (Å²) in [6.45, 7) is 7.96. The summed E-state index contributed by atoms with van der Waals surface area (Å²) in [7, 11) is 2.14. The predicted molar refractivity (Wildman–Crippen MR) is 121 cm³/mol. The van der Waals surface area contributed by atoms with Gasteiger partial charge in [0.05, 0.1) is 11.9 Å². The van der Waals surface area contributed by atoms with Crippen LogP contribution in [-0.4, -0.2) is 58.1 Å². The number of anilines is 5. The molecule has 0 unspecified atom stereocenters. The van der Waals surface area contributed by atoms with Gasteiger partial charge in [-0.3, -0.25) is 0 Å². The normalized spacial score (nSPS) is 14.6. The summed E-state index contributed by atoms with van der Waals surface area (Å²) < 4.78 is 0. The summed E-state index contributed by atoms with van der Waals surface area (Å²) in [4.78, 5) is 22.9. The van der Waals surface area contributed by atoms with Crippen LogP contribution >= 0.6 is 0 Å². The van der Waals surface area contributed by atoms with Crippen molar-refractivity contribution in [2.24, 2.45) is 0 Å². The minimum atomic E-state index is 0.534. The fourth-order valence-corrected chi connectivity index (χ4v) is 3.32. The quantitative estimate of drug-likeness (QED) is 0.647. The Balaban J connectivity index is 1.52. The van der Waals surface area contributed by atoms with Crippen molar-refractivity contribution in [2.45, 2.75) is 20.3 Å². The molecule has 8 heteroatoms. The Hall–Kier alpha value is -3.26. The third kappa shape index (κ3) is 4.83. The van der Waals surface area contributed by atoms with E-state index in [1.165, 1.54) is 0 Å². The number of likely N-dealkylation sites (N-methyl/N-ethyl adjacent to an activating group) is 1. The van der Waals surface area contributed by atoms with Gasteiger partial charge in [0.1, 0.15) is 11.6 Å². The molecule has 3 aromatic rings. The van der Waals surface area contributed by atoms with Gasteiger partial charge in [-0.15, -0.1) is 0 Å². The van der Waals surface area contributed by atoms with Crippen LogP contribution in [0.3, 0.4) is 0 Å². The van der Waals surface area contributed by atoms with Gasteiger partial charge in [-0.05, 0) is 37.7 Å². The maximum Gasteiger partial charge on any atom is 0.233 e. The highest BCUT2D eigenvalue weighted by atomic mass is 15.3. The number of piperazine rings is 1. The van der Waals surface area contributed by atoms with E-state index in [9.17, 15) is 0 Å². The molecule has 3 heterocycles. The van der Waals surface area contributed by atoms with Crippen LogP contribution in [0.1, 0.15) is 18.3 Å². The summed E-state index contributed by atoms with van der Waals surface area (Å²) in [6, 6.07) is 12.1. The highest BCUT2D eigenvalue weighted by Gasteiger charge is 2.18. The zero-order valence-corrected chi connectivity index (χ0v) is 17.8. The molecule has 1 aromatic carbocycles. The fourth-order valence-electron chi connectivity index (χ4n) is 3.32.